The molecular formula is C72H44N2. The lowest BCUT2D eigenvalue weighted by Crippen LogP contribution is -1.94. The maximum absolute atomic E-state index is 5.71. The van der Waals surface area contributed by atoms with Crippen molar-refractivity contribution < 1.29 is 0 Å². The third-order valence-corrected chi connectivity index (χ3v) is 15.4. The van der Waals surface area contributed by atoms with E-state index < -0.39 is 0 Å². The van der Waals surface area contributed by atoms with Crippen molar-refractivity contribution in [3.63, 3.8) is 0 Å². The lowest BCUT2D eigenvalue weighted by Gasteiger charge is -2.17. The van der Waals surface area contributed by atoms with Crippen LogP contribution in [0.5, 0.6) is 0 Å². The first-order valence-corrected chi connectivity index (χ1v) is 25.5. The molecule has 0 aliphatic heterocycles. The molecule has 0 saturated carbocycles. The molecule has 0 amide bonds. The lowest BCUT2D eigenvalue weighted by molar-refractivity contribution is 1.32. The fourth-order valence-corrected chi connectivity index (χ4v) is 11.9. The van der Waals surface area contributed by atoms with Crippen LogP contribution in [0.1, 0.15) is 0 Å². The summed E-state index contributed by atoms with van der Waals surface area (Å²) in [4.78, 5) is 10.9. The number of rotatable bonds is 6. The third-order valence-electron chi connectivity index (χ3n) is 15.4. The maximum Gasteiger partial charge on any atom is 0.0794 e. The summed E-state index contributed by atoms with van der Waals surface area (Å²) in [5.41, 5.74) is 14.0. The number of hydrogen-bond donors (Lipinski definition) is 0. The molecule has 15 rings (SSSR count). The van der Waals surface area contributed by atoms with E-state index in [1.54, 1.807) is 0 Å². The summed E-state index contributed by atoms with van der Waals surface area (Å²) in [6.07, 6.45) is 0. The topological polar surface area (TPSA) is 25.8 Å². The molecule has 74 heavy (non-hydrogen) atoms. The molecule has 0 unspecified atom stereocenters. The second-order valence-electron chi connectivity index (χ2n) is 19.6. The molecule has 0 bridgehead atoms. The van der Waals surface area contributed by atoms with Gasteiger partial charge in [0, 0.05) is 27.5 Å². The Morgan fingerprint density at radius 1 is 0.162 bits per heavy atom. The molecule has 15 aromatic rings. The Balaban J connectivity index is 0.956. The van der Waals surface area contributed by atoms with Crippen molar-refractivity contribution in [3.8, 4) is 67.2 Å². The van der Waals surface area contributed by atoms with Gasteiger partial charge < -0.3 is 0 Å². The molecule has 0 atom stereocenters. The van der Waals surface area contributed by atoms with Gasteiger partial charge in [-0.05, 0) is 140 Å². The highest BCUT2D eigenvalue weighted by Gasteiger charge is 2.19. The van der Waals surface area contributed by atoms with Crippen LogP contribution in [0, 0.1) is 0 Å². The van der Waals surface area contributed by atoms with Crippen LogP contribution in [0.4, 0.5) is 0 Å². The van der Waals surface area contributed by atoms with E-state index in [1.165, 1.54) is 70.2 Å². The molecule has 2 heteroatoms. The zero-order valence-corrected chi connectivity index (χ0v) is 40.3. The van der Waals surface area contributed by atoms with Crippen LogP contribution >= 0.6 is 0 Å². The maximum atomic E-state index is 5.71. The molecule has 0 aliphatic rings. The molecule has 2 aromatic heterocycles. The van der Waals surface area contributed by atoms with Gasteiger partial charge in [-0.25, -0.2) is 9.97 Å². The van der Waals surface area contributed by atoms with Crippen LogP contribution in [0.2, 0.25) is 0 Å². The first-order chi connectivity index (χ1) is 36.7. The summed E-state index contributed by atoms with van der Waals surface area (Å²) in [5.74, 6) is 0. The van der Waals surface area contributed by atoms with Crippen LogP contribution < -0.4 is 0 Å². The van der Waals surface area contributed by atoms with E-state index in [9.17, 15) is 0 Å². The van der Waals surface area contributed by atoms with Gasteiger partial charge in [0.05, 0.1) is 22.6 Å². The van der Waals surface area contributed by atoms with Crippen molar-refractivity contribution in [2.24, 2.45) is 0 Å². The second kappa shape index (κ2) is 16.9. The van der Waals surface area contributed by atoms with Gasteiger partial charge in [0.15, 0.2) is 0 Å². The Morgan fingerprint density at radius 3 is 1.01 bits per heavy atom. The van der Waals surface area contributed by atoms with Gasteiger partial charge in [-0.2, -0.15) is 0 Å². The predicted molar refractivity (Wildman–Crippen MR) is 315 cm³/mol. The summed E-state index contributed by atoms with van der Waals surface area (Å²) in [6, 6.07) is 97.4. The Morgan fingerprint density at radius 2 is 0.514 bits per heavy atom. The van der Waals surface area contributed by atoms with Gasteiger partial charge in [0.25, 0.3) is 0 Å². The summed E-state index contributed by atoms with van der Waals surface area (Å²) in [7, 11) is 0. The smallest absolute Gasteiger partial charge is 0.0794 e. The fraction of sp³-hybridized carbons (Fsp3) is 0. The lowest BCUT2D eigenvalue weighted by atomic mass is 9.88. The second-order valence-corrected chi connectivity index (χ2v) is 19.6. The van der Waals surface area contributed by atoms with Crippen molar-refractivity contribution in [2.75, 3.05) is 0 Å². The molecule has 13 aromatic carbocycles. The van der Waals surface area contributed by atoms with E-state index in [2.05, 4.69) is 267 Å². The van der Waals surface area contributed by atoms with Crippen molar-refractivity contribution in [1.82, 2.24) is 9.97 Å². The van der Waals surface area contributed by atoms with E-state index in [4.69, 9.17) is 9.97 Å². The molecule has 0 N–H and O–H groups in total. The molecule has 0 saturated heterocycles. The number of hydrogen-bond acceptors (Lipinski definition) is 2. The largest absolute Gasteiger partial charge is 0.248 e. The molecule has 0 fully saturated rings. The molecular weight excluding hydrogens is 893 g/mol. The predicted octanol–water partition coefficient (Wildman–Crippen LogP) is 19.7. The highest BCUT2D eigenvalue weighted by atomic mass is 14.7. The van der Waals surface area contributed by atoms with E-state index in [0.29, 0.717) is 0 Å². The van der Waals surface area contributed by atoms with Crippen molar-refractivity contribution in [3.05, 3.63) is 267 Å². The van der Waals surface area contributed by atoms with Gasteiger partial charge in [0.2, 0.25) is 0 Å². The van der Waals surface area contributed by atoms with Crippen LogP contribution in [0.3, 0.4) is 0 Å². The molecule has 2 nitrogen and oxygen atoms in total. The highest BCUT2D eigenvalue weighted by Crippen LogP contribution is 2.45. The fourth-order valence-electron chi connectivity index (χ4n) is 11.9. The van der Waals surface area contributed by atoms with Crippen LogP contribution in [0.25, 0.3) is 153 Å². The van der Waals surface area contributed by atoms with Gasteiger partial charge in [-0.1, -0.05) is 231 Å². The molecule has 0 spiro atoms. The molecule has 342 valence electrons. The highest BCUT2D eigenvalue weighted by molar-refractivity contribution is 6.27. The van der Waals surface area contributed by atoms with Crippen molar-refractivity contribution >= 4 is 86.3 Å². The Labute approximate surface area is 428 Å². The first kappa shape index (κ1) is 42.0. The Hall–Kier alpha value is -9.76. The zero-order chi connectivity index (χ0) is 48.7. The van der Waals surface area contributed by atoms with E-state index >= 15 is 0 Å². The van der Waals surface area contributed by atoms with Gasteiger partial charge >= 0.3 is 0 Å². The van der Waals surface area contributed by atoms with Gasteiger partial charge in [-0.3, -0.25) is 0 Å². The number of fused-ring (bicyclic) bond motifs is 15. The van der Waals surface area contributed by atoms with Gasteiger partial charge in [0.1, 0.15) is 0 Å². The SMILES string of the molecule is c1ccc(-c2cc(-c3ccc(-c4cc5c(-c6ccc7c8ccccc8c8ccccc8c7c6)cc(-c6ccc7c8ccccc8c8ccccc8c7c6)nc5c5ccccc45)cc3)cc(-c3ccccc3)n2)cc1. The number of nitrogens with zero attached hydrogens (tertiary/aromatic N) is 2. The van der Waals surface area contributed by atoms with Crippen molar-refractivity contribution in [2.45, 2.75) is 0 Å². The monoisotopic (exact) mass is 936 g/mol. The van der Waals surface area contributed by atoms with E-state index in [-0.39, 0.29) is 0 Å². The van der Waals surface area contributed by atoms with E-state index in [0.717, 1.165) is 83.3 Å². The third kappa shape index (κ3) is 6.80. The zero-order valence-electron chi connectivity index (χ0n) is 40.3. The molecule has 2 heterocycles. The van der Waals surface area contributed by atoms with Gasteiger partial charge in [-0.15, -0.1) is 0 Å². The minimum atomic E-state index is 0.944. The summed E-state index contributed by atoms with van der Waals surface area (Å²) in [6.45, 7) is 0. The van der Waals surface area contributed by atoms with E-state index in [1.807, 2.05) is 0 Å². The first-order valence-electron chi connectivity index (χ1n) is 25.5. The summed E-state index contributed by atoms with van der Waals surface area (Å²) >= 11 is 0. The minimum Gasteiger partial charge on any atom is -0.248 e. The van der Waals surface area contributed by atoms with Crippen LogP contribution in [0.15, 0.2) is 267 Å². The Kier molecular flexibility index (Phi) is 9.61. The average molecular weight is 937 g/mol. The Bertz CT molecular complexity index is 4620. The average Bonchev–Trinajstić information content (AvgIpc) is 3.49. The van der Waals surface area contributed by atoms with Crippen molar-refractivity contribution in [1.29, 1.82) is 0 Å². The molecule has 0 radical (unpaired) electrons. The van der Waals surface area contributed by atoms with Crippen LogP contribution in [-0.2, 0) is 0 Å². The minimum absolute atomic E-state index is 0.944. The normalized spacial score (nSPS) is 11.8. The van der Waals surface area contributed by atoms with Crippen LogP contribution in [-0.4, -0.2) is 9.97 Å². The number of benzene rings is 13. The summed E-state index contributed by atoms with van der Waals surface area (Å²) in [5, 5.41) is 18.5. The molecule has 0 aliphatic carbocycles. The number of aromatic nitrogens is 2. The summed E-state index contributed by atoms with van der Waals surface area (Å²) < 4.78 is 0. The standard InChI is InChI=1S/C72H44N2/c1-3-17-47(18-4-1)69-41-51(42-70(73-69)48-19-5-2-6-20-48)45-31-33-46(34-32-45)64-43-68-65(49-35-37-61-56-25-9-7-21-52(56)54-23-11-13-27-58(54)66(61)39-49)44-71(74-72(68)63-30-16-15-29-60(63)64)50-36-38-62-57-26-10-8-22-53(57)55-24-12-14-28-59(55)67(62)40-50/h1-44H. The number of pyridine rings is 2. The quantitative estimate of drug-likeness (QED) is 0.155.